The maximum atomic E-state index is 13.7. The number of pyridine rings is 1. The van der Waals surface area contributed by atoms with E-state index >= 15 is 0 Å². The number of carbonyl (C=O) groups is 1. The number of hydrazine groups is 1. The molecular formula is C22H27N3O. The standard InChI is InChI=1S/C22H27N3O/c1-2-21-10-15-9-16(11-21)13-22(12-15,14-21)20(26)25(23)19-7-3-6-18-17(19)5-4-8-24-18/h3-8,15-16H,2,9-14,23H2,1H3. The molecule has 4 nitrogen and oxygen atoms in total. The van der Waals surface area contributed by atoms with Gasteiger partial charge in [-0.2, -0.15) is 0 Å². The first-order valence-electron chi connectivity index (χ1n) is 9.97. The van der Waals surface area contributed by atoms with Crippen LogP contribution in [0.5, 0.6) is 0 Å². The van der Waals surface area contributed by atoms with E-state index in [0.717, 1.165) is 35.9 Å². The Hall–Kier alpha value is -1.94. The molecule has 4 aliphatic rings. The molecule has 6 rings (SSSR count). The van der Waals surface area contributed by atoms with Crippen molar-refractivity contribution in [2.24, 2.45) is 28.5 Å². The zero-order valence-corrected chi connectivity index (χ0v) is 15.4. The van der Waals surface area contributed by atoms with Crippen LogP contribution in [-0.2, 0) is 4.79 Å². The van der Waals surface area contributed by atoms with Gasteiger partial charge >= 0.3 is 0 Å². The van der Waals surface area contributed by atoms with Gasteiger partial charge in [0.05, 0.1) is 16.6 Å². The van der Waals surface area contributed by atoms with Crippen LogP contribution in [0.3, 0.4) is 0 Å². The second-order valence-corrected chi connectivity index (χ2v) is 9.12. The monoisotopic (exact) mass is 349 g/mol. The Kier molecular flexibility index (Phi) is 3.45. The molecule has 2 unspecified atom stereocenters. The summed E-state index contributed by atoms with van der Waals surface area (Å²) in [6.45, 7) is 2.31. The fourth-order valence-electron chi connectivity index (χ4n) is 6.78. The molecule has 1 aromatic carbocycles. The summed E-state index contributed by atoms with van der Waals surface area (Å²) in [6, 6.07) is 9.75. The number of carbonyl (C=O) groups excluding carboxylic acids is 1. The summed E-state index contributed by atoms with van der Waals surface area (Å²) in [5, 5.41) is 2.39. The number of hydrogen-bond acceptors (Lipinski definition) is 3. The second kappa shape index (κ2) is 5.53. The van der Waals surface area contributed by atoms with E-state index in [2.05, 4.69) is 11.9 Å². The van der Waals surface area contributed by atoms with E-state index in [1.807, 2.05) is 30.3 Å². The van der Waals surface area contributed by atoms with Crippen molar-refractivity contribution in [3.63, 3.8) is 0 Å². The topological polar surface area (TPSA) is 59.2 Å². The molecule has 4 saturated carbocycles. The highest BCUT2D eigenvalue weighted by atomic mass is 16.2. The highest BCUT2D eigenvalue weighted by molar-refractivity contribution is 6.04. The smallest absolute Gasteiger partial charge is 0.247 e. The molecule has 4 bridgehead atoms. The summed E-state index contributed by atoms with van der Waals surface area (Å²) in [5.41, 5.74) is 1.78. The van der Waals surface area contributed by atoms with Gasteiger partial charge in [0.2, 0.25) is 5.91 Å². The number of anilines is 1. The molecular weight excluding hydrogens is 322 g/mol. The lowest BCUT2D eigenvalue weighted by Crippen LogP contribution is -2.59. The molecule has 0 radical (unpaired) electrons. The van der Waals surface area contributed by atoms with Crippen LogP contribution in [0.2, 0.25) is 0 Å². The molecule has 4 aliphatic carbocycles. The van der Waals surface area contributed by atoms with Gasteiger partial charge < -0.3 is 0 Å². The Labute approximate surface area is 154 Å². The molecule has 1 aromatic heterocycles. The molecule has 1 heterocycles. The zero-order valence-electron chi connectivity index (χ0n) is 15.4. The van der Waals surface area contributed by atoms with Crippen LogP contribution in [0.1, 0.15) is 51.9 Å². The minimum Gasteiger partial charge on any atom is -0.272 e. The van der Waals surface area contributed by atoms with Crippen molar-refractivity contribution in [3.05, 3.63) is 36.5 Å². The van der Waals surface area contributed by atoms with Crippen LogP contribution >= 0.6 is 0 Å². The average molecular weight is 349 g/mol. The Morgan fingerprint density at radius 3 is 2.69 bits per heavy atom. The molecule has 2 atom stereocenters. The number of nitrogens with zero attached hydrogens (tertiary/aromatic N) is 2. The number of rotatable bonds is 3. The van der Waals surface area contributed by atoms with Crippen LogP contribution in [0.4, 0.5) is 5.69 Å². The molecule has 0 saturated heterocycles. The summed E-state index contributed by atoms with van der Waals surface area (Å²) >= 11 is 0. The quantitative estimate of drug-likeness (QED) is 0.506. The maximum Gasteiger partial charge on any atom is 0.247 e. The Morgan fingerprint density at radius 2 is 1.96 bits per heavy atom. The third-order valence-electron chi connectivity index (χ3n) is 7.49. The van der Waals surface area contributed by atoms with E-state index in [4.69, 9.17) is 5.84 Å². The van der Waals surface area contributed by atoms with E-state index < -0.39 is 0 Å². The molecule has 2 N–H and O–H groups in total. The molecule has 0 aliphatic heterocycles. The van der Waals surface area contributed by atoms with Gasteiger partial charge in [0, 0.05) is 11.6 Å². The lowest BCUT2D eigenvalue weighted by Gasteiger charge is -2.61. The molecule has 4 fully saturated rings. The Balaban J connectivity index is 1.53. The first kappa shape index (κ1) is 16.2. The van der Waals surface area contributed by atoms with Gasteiger partial charge in [0.25, 0.3) is 0 Å². The van der Waals surface area contributed by atoms with Crippen molar-refractivity contribution >= 4 is 22.5 Å². The van der Waals surface area contributed by atoms with Gasteiger partial charge in [-0.05, 0) is 80.0 Å². The van der Waals surface area contributed by atoms with Gasteiger partial charge in [-0.3, -0.25) is 9.78 Å². The first-order chi connectivity index (χ1) is 12.5. The number of aromatic nitrogens is 1. The summed E-state index contributed by atoms with van der Waals surface area (Å²) in [4.78, 5) is 18.1. The normalized spacial score (nSPS) is 35.0. The van der Waals surface area contributed by atoms with Gasteiger partial charge in [0.15, 0.2) is 0 Å². The van der Waals surface area contributed by atoms with Gasteiger partial charge in [0.1, 0.15) is 0 Å². The van der Waals surface area contributed by atoms with Crippen molar-refractivity contribution in [2.75, 3.05) is 5.01 Å². The molecule has 26 heavy (non-hydrogen) atoms. The summed E-state index contributed by atoms with van der Waals surface area (Å²) in [7, 11) is 0. The average Bonchev–Trinajstić information content (AvgIpc) is 2.65. The van der Waals surface area contributed by atoms with E-state index in [9.17, 15) is 4.79 Å². The van der Waals surface area contributed by atoms with E-state index in [1.165, 1.54) is 30.7 Å². The lowest BCUT2D eigenvalue weighted by molar-refractivity contribution is -0.155. The largest absolute Gasteiger partial charge is 0.272 e. The molecule has 2 aromatic rings. The van der Waals surface area contributed by atoms with Crippen LogP contribution < -0.4 is 10.9 Å². The van der Waals surface area contributed by atoms with Crippen LogP contribution in [-0.4, -0.2) is 10.9 Å². The van der Waals surface area contributed by atoms with Crippen molar-refractivity contribution in [1.29, 1.82) is 0 Å². The minimum absolute atomic E-state index is 0.126. The van der Waals surface area contributed by atoms with Gasteiger partial charge in [-0.25, -0.2) is 10.9 Å². The fourth-order valence-corrected chi connectivity index (χ4v) is 6.78. The van der Waals surface area contributed by atoms with E-state index in [1.54, 1.807) is 6.20 Å². The highest BCUT2D eigenvalue weighted by Gasteiger charge is 2.60. The number of hydrogen-bond donors (Lipinski definition) is 1. The summed E-state index contributed by atoms with van der Waals surface area (Å²) in [6.07, 6.45) is 10.0. The molecule has 4 heteroatoms. The highest BCUT2D eigenvalue weighted by Crippen LogP contribution is 2.66. The number of benzene rings is 1. The minimum atomic E-state index is -0.251. The summed E-state index contributed by atoms with van der Waals surface area (Å²) < 4.78 is 0. The molecule has 136 valence electrons. The van der Waals surface area contributed by atoms with Gasteiger partial charge in [-0.15, -0.1) is 0 Å². The fraction of sp³-hybridized carbons (Fsp3) is 0.545. The second-order valence-electron chi connectivity index (χ2n) is 9.12. The van der Waals surface area contributed by atoms with Crippen molar-refractivity contribution in [2.45, 2.75) is 51.9 Å². The first-order valence-corrected chi connectivity index (χ1v) is 9.97. The third kappa shape index (κ3) is 2.24. The number of fused-ring (bicyclic) bond motifs is 1. The predicted octanol–water partition coefficient (Wildman–Crippen LogP) is 4.44. The van der Waals surface area contributed by atoms with Crippen LogP contribution in [0, 0.1) is 22.7 Å². The zero-order chi connectivity index (χ0) is 17.9. The third-order valence-corrected chi connectivity index (χ3v) is 7.49. The molecule has 0 spiro atoms. The van der Waals surface area contributed by atoms with E-state index in [-0.39, 0.29) is 11.3 Å². The number of amides is 1. The van der Waals surface area contributed by atoms with Gasteiger partial charge in [-0.1, -0.05) is 19.4 Å². The van der Waals surface area contributed by atoms with Crippen molar-refractivity contribution in [1.82, 2.24) is 4.98 Å². The lowest BCUT2D eigenvalue weighted by atomic mass is 9.43. The Morgan fingerprint density at radius 1 is 1.19 bits per heavy atom. The SMILES string of the molecule is CCC12CC3CC(C1)CC(C(=O)N(N)c1cccc4ncccc14)(C3)C2. The van der Waals surface area contributed by atoms with E-state index in [0.29, 0.717) is 17.3 Å². The summed E-state index contributed by atoms with van der Waals surface area (Å²) in [5.74, 6) is 8.01. The van der Waals surface area contributed by atoms with Crippen LogP contribution in [0.15, 0.2) is 36.5 Å². The van der Waals surface area contributed by atoms with Crippen molar-refractivity contribution in [3.8, 4) is 0 Å². The number of nitrogens with two attached hydrogens (primary N) is 1. The predicted molar refractivity (Wildman–Crippen MR) is 103 cm³/mol. The maximum absolute atomic E-state index is 13.7. The Bertz CT molecular complexity index is 857. The molecule has 1 amide bonds. The van der Waals surface area contributed by atoms with Crippen LogP contribution in [0.25, 0.3) is 10.9 Å². The van der Waals surface area contributed by atoms with Crippen molar-refractivity contribution < 1.29 is 4.79 Å².